The molecule has 0 spiro atoms. The second-order valence-electron chi connectivity index (χ2n) is 18.0. The van der Waals surface area contributed by atoms with Gasteiger partial charge in [-0.05, 0) is 75.7 Å². The van der Waals surface area contributed by atoms with Crippen molar-refractivity contribution in [2.45, 2.75) is 59.6 Å². The summed E-state index contributed by atoms with van der Waals surface area (Å²) in [6.07, 6.45) is 2.02. The van der Waals surface area contributed by atoms with Gasteiger partial charge in [0.15, 0.2) is 0 Å². The maximum atomic E-state index is 7.73. The van der Waals surface area contributed by atoms with Crippen LogP contribution in [-0.4, -0.2) is 22.6 Å². The minimum atomic E-state index is -2.14. The second kappa shape index (κ2) is 17.5. The number of rotatable bonds is 6. The molecule has 0 saturated carbocycles. The van der Waals surface area contributed by atoms with E-state index >= 15 is 0 Å². The molecule has 0 aliphatic rings. The van der Waals surface area contributed by atoms with E-state index in [4.69, 9.17) is 13.5 Å². The molecule has 6 heteroatoms. The summed E-state index contributed by atoms with van der Waals surface area (Å²) in [5, 5.41) is 3.43. The fourth-order valence-electron chi connectivity index (χ4n) is 8.02. The smallest absolute Gasteiger partial charge is 0.121 e. The summed E-state index contributed by atoms with van der Waals surface area (Å²) in [5.41, 5.74) is 14.0. The summed E-state index contributed by atoms with van der Waals surface area (Å²) in [5.74, 6) is 0.756. The summed E-state index contributed by atoms with van der Waals surface area (Å²) < 4.78 is 32.2. The number of aromatic nitrogens is 3. The van der Waals surface area contributed by atoms with E-state index < -0.39 is 14.9 Å². The van der Waals surface area contributed by atoms with Gasteiger partial charge in [-0.2, -0.15) is 0 Å². The third-order valence-electron chi connectivity index (χ3n) is 11.5. The van der Waals surface area contributed by atoms with E-state index in [2.05, 4.69) is 154 Å². The molecule has 0 N–H and O–H groups in total. The minimum Gasteiger partial charge on any atom is -0.501 e. The Morgan fingerprint density at radius 1 is 0.730 bits per heavy atom. The molecule has 4 nitrogen and oxygen atoms in total. The zero-order chi connectivity index (χ0) is 45.7. The molecule has 0 aliphatic carbocycles. The molecule has 0 unspecified atom stereocenters. The first-order valence-electron chi connectivity index (χ1n) is 22.6. The Bertz CT molecular complexity index is 3310. The summed E-state index contributed by atoms with van der Waals surface area (Å²) in [6, 6.07) is 59.8. The molecule has 63 heavy (non-hydrogen) atoms. The largest absolute Gasteiger partial charge is 0.501 e. The van der Waals surface area contributed by atoms with Crippen molar-refractivity contribution in [3.05, 3.63) is 193 Å². The zero-order valence-corrected chi connectivity index (χ0v) is 40.1. The Morgan fingerprint density at radius 2 is 1.48 bits per heavy atom. The quantitative estimate of drug-likeness (QED) is 0.123. The number of para-hydroxylation sites is 2. The standard InChI is InChI=1S/C43H35N2O.C14H16NSi.Ir/c1-27-15-18-29(19-16-27)31-20-23-33-39(25-31)46-41-34(22-17-28(2)40(33)41)42-44-36-13-9-10-14-38(36)45(42)37-24-21-32(43(3,4)5)26-35(37)30-11-7-6-8-12-30;1-16(2,3)13-9-10-14(15-11-13)12-7-5-4-6-8-12;/h6-21,23-26H,1-5H3;4-7,9-11H,1-3H3;/q2*-1;/i1D3;;. The van der Waals surface area contributed by atoms with Crippen LogP contribution >= 0.6 is 0 Å². The van der Waals surface area contributed by atoms with E-state index in [-0.39, 0.29) is 25.5 Å². The molecule has 10 aromatic rings. The van der Waals surface area contributed by atoms with Crippen LogP contribution in [0.25, 0.3) is 83.6 Å². The van der Waals surface area contributed by atoms with Crippen molar-refractivity contribution in [2.24, 2.45) is 0 Å². The molecule has 10 rings (SSSR count). The Kier molecular flexibility index (Phi) is 11.0. The SMILES string of the molecule is C[Si](C)(C)c1ccc(-c2[c-]cccc2)nc1.[2H]C([2H])([2H])c1ccc(-c2ccc3c(c2)oc2c(-c4nc5ccccc5n4-c4ccc(C(C)(C)C)cc4-c4ccccc4)[c-]cc(C)c23)cc1.[Ir]. The second-order valence-corrected chi connectivity index (χ2v) is 23.1. The van der Waals surface area contributed by atoms with Crippen molar-refractivity contribution in [1.82, 2.24) is 14.5 Å². The monoisotopic (exact) mass is 1020 g/mol. The fourth-order valence-corrected chi connectivity index (χ4v) is 9.06. The van der Waals surface area contributed by atoms with Crippen LogP contribution < -0.4 is 5.19 Å². The van der Waals surface area contributed by atoms with Crippen LogP contribution in [0.4, 0.5) is 0 Å². The number of imidazole rings is 1. The van der Waals surface area contributed by atoms with Crippen LogP contribution in [-0.2, 0) is 25.5 Å². The number of pyridine rings is 1. The average Bonchev–Trinajstić information content (AvgIpc) is 3.88. The normalized spacial score (nSPS) is 12.6. The van der Waals surface area contributed by atoms with Crippen LogP contribution in [0.5, 0.6) is 0 Å². The van der Waals surface area contributed by atoms with Gasteiger partial charge in [0.05, 0.1) is 30.5 Å². The molecule has 0 fully saturated rings. The van der Waals surface area contributed by atoms with Crippen LogP contribution in [0.2, 0.25) is 19.6 Å². The molecule has 3 heterocycles. The van der Waals surface area contributed by atoms with Crippen molar-refractivity contribution in [1.29, 1.82) is 0 Å². The van der Waals surface area contributed by atoms with Gasteiger partial charge in [-0.3, -0.25) is 4.98 Å². The molecule has 3 aromatic heterocycles. The molecule has 7 aromatic carbocycles. The Balaban J connectivity index is 0.000000295. The predicted octanol–water partition coefficient (Wildman–Crippen LogP) is 14.7. The van der Waals surface area contributed by atoms with Gasteiger partial charge in [0.2, 0.25) is 0 Å². The molecule has 0 atom stereocenters. The number of furan rings is 1. The van der Waals surface area contributed by atoms with Gasteiger partial charge in [-0.15, -0.1) is 53.6 Å². The average molecular weight is 1020 g/mol. The zero-order valence-electron chi connectivity index (χ0n) is 39.7. The molecular weight excluding hydrogens is 963 g/mol. The van der Waals surface area contributed by atoms with Gasteiger partial charge < -0.3 is 14.0 Å². The predicted molar refractivity (Wildman–Crippen MR) is 263 cm³/mol. The van der Waals surface area contributed by atoms with Crippen molar-refractivity contribution in [3.8, 4) is 50.6 Å². The minimum absolute atomic E-state index is 0. The van der Waals surface area contributed by atoms with Crippen LogP contribution in [0.15, 0.2) is 168 Å². The third kappa shape index (κ3) is 8.77. The van der Waals surface area contributed by atoms with Gasteiger partial charge in [-0.25, -0.2) is 0 Å². The van der Waals surface area contributed by atoms with Crippen molar-refractivity contribution >= 4 is 46.2 Å². The summed E-state index contributed by atoms with van der Waals surface area (Å²) in [6.45, 7) is 13.7. The van der Waals surface area contributed by atoms with E-state index in [1.807, 2.05) is 66.9 Å². The molecular formula is C57H51IrN3OSi-2. The number of benzene rings is 7. The van der Waals surface area contributed by atoms with Gasteiger partial charge >= 0.3 is 0 Å². The summed E-state index contributed by atoms with van der Waals surface area (Å²) in [7, 11) is -1.23. The number of hydrogen-bond donors (Lipinski definition) is 0. The summed E-state index contributed by atoms with van der Waals surface area (Å²) >= 11 is 0. The fraction of sp³-hybridized carbons (Fsp3) is 0.158. The molecule has 0 amide bonds. The first-order valence-corrected chi connectivity index (χ1v) is 24.6. The maximum absolute atomic E-state index is 7.73. The number of fused-ring (bicyclic) bond motifs is 4. The van der Waals surface area contributed by atoms with Crippen molar-refractivity contribution in [3.63, 3.8) is 0 Å². The van der Waals surface area contributed by atoms with Gasteiger partial charge in [0.1, 0.15) is 5.58 Å². The molecule has 1 radical (unpaired) electrons. The number of hydrogen-bond acceptors (Lipinski definition) is 3. The first kappa shape index (κ1) is 39.7. The Hall–Kier alpha value is -6.17. The third-order valence-corrected chi connectivity index (χ3v) is 13.6. The van der Waals surface area contributed by atoms with Crippen molar-refractivity contribution in [2.75, 3.05) is 0 Å². The molecule has 0 bridgehead atoms. The topological polar surface area (TPSA) is 43.9 Å². The van der Waals surface area contributed by atoms with Crippen molar-refractivity contribution < 1.29 is 28.6 Å². The van der Waals surface area contributed by atoms with E-state index in [9.17, 15) is 0 Å². The Labute approximate surface area is 390 Å². The summed E-state index contributed by atoms with van der Waals surface area (Å²) in [4.78, 5) is 9.75. The van der Waals surface area contributed by atoms with E-state index in [1.165, 1.54) is 10.8 Å². The molecule has 0 aliphatic heterocycles. The van der Waals surface area contributed by atoms with E-state index in [0.29, 0.717) is 5.56 Å². The molecule has 0 saturated heterocycles. The number of nitrogens with zero attached hydrogens (tertiary/aromatic N) is 3. The Morgan fingerprint density at radius 3 is 2.17 bits per heavy atom. The van der Waals surface area contributed by atoms with Crippen LogP contribution in [0.1, 0.15) is 41.6 Å². The van der Waals surface area contributed by atoms with E-state index in [1.54, 1.807) is 12.1 Å². The van der Waals surface area contributed by atoms with Crippen LogP contribution in [0.3, 0.4) is 0 Å². The van der Waals surface area contributed by atoms with E-state index in [0.717, 1.165) is 89.1 Å². The first-order chi connectivity index (χ1) is 31.0. The van der Waals surface area contributed by atoms with Gasteiger partial charge in [-0.1, -0.05) is 161 Å². The van der Waals surface area contributed by atoms with Gasteiger partial charge in [0, 0.05) is 47.1 Å². The van der Waals surface area contributed by atoms with Gasteiger partial charge in [0.25, 0.3) is 0 Å². The maximum Gasteiger partial charge on any atom is 0.121 e. The molecule has 315 valence electrons. The van der Waals surface area contributed by atoms with Crippen LogP contribution in [0, 0.1) is 25.9 Å². The number of aryl methyl sites for hydroxylation is 2.